The molecule has 0 unspecified atom stereocenters. The van der Waals surface area contributed by atoms with Crippen LogP contribution >= 0.6 is 0 Å². The fourth-order valence-corrected chi connectivity index (χ4v) is 12.2. The molecular weight excluding hydrogens is 1260 g/mol. The fourth-order valence-electron chi connectivity index (χ4n) is 12.2. The van der Waals surface area contributed by atoms with Crippen LogP contribution in [0.25, 0.3) is 0 Å². The van der Waals surface area contributed by atoms with Gasteiger partial charge in [0.15, 0.2) is 0 Å². The summed E-state index contributed by atoms with van der Waals surface area (Å²) in [7, 11) is 0. The molecule has 0 heterocycles. The largest absolute Gasteiger partial charge is 0.0648 e. The molecular formula is C105H168. The van der Waals surface area contributed by atoms with E-state index >= 15 is 0 Å². The molecule has 0 radical (unpaired) electrons. The fraction of sp³-hybridized carbons (Fsp3) is 0.600. The average Bonchev–Trinajstić information content (AvgIpc) is 0.781. The predicted octanol–water partition coefficient (Wildman–Crippen LogP) is 32.8. The third kappa shape index (κ3) is 33.5. The summed E-state index contributed by atoms with van der Waals surface area (Å²) >= 11 is 0. The molecule has 0 aliphatic rings. The maximum absolute atomic E-state index is 8.58. The Morgan fingerprint density at radius 3 is 0.667 bits per heavy atom. The molecule has 7 aromatic carbocycles. The Labute approximate surface area is 658 Å². The molecule has 0 amide bonds. The van der Waals surface area contributed by atoms with Crippen molar-refractivity contribution in [2.75, 3.05) is 0 Å². The van der Waals surface area contributed by atoms with E-state index in [0.717, 1.165) is 18.4 Å². The average molecular weight is 1430 g/mol. The lowest BCUT2D eigenvalue weighted by atomic mass is 9.73. The highest BCUT2D eigenvalue weighted by molar-refractivity contribution is 5.44. The monoisotopic (exact) mass is 1430 g/mol. The lowest BCUT2D eigenvalue weighted by Crippen LogP contribution is -2.23. The third-order valence-electron chi connectivity index (χ3n) is 19.9. The van der Waals surface area contributed by atoms with Crippen molar-refractivity contribution in [3.8, 4) is 0 Å². The van der Waals surface area contributed by atoms with Crippen LogP contribution in [0, 0.1) is 0 Å². The molecule has 0 fully saturated rings. The number of hydrogen-bond acceptors (Lipinski definition) is 0. The molecule has 0 aromatic heterocycles. The second-order valence-electron chi connectivity index (χ2n) is 44.1. The SMILES string of the molecule is CC(C)(C)c1cc(C(C)(C)C)cc(C(C)(C)C)c1.CC(C)(C)c1ccc(C(C)(C)C)c(C(C)(C)C)c1.CC(C)(C)c1ccc(C(C)(C)C)cc1.CC(C)(C)c1ccccc1C(C)(C)C.CC(C)c1ccc(C(C)(C)C)cc1.[2H]C(C)(C)c1ccc(C(C)(C)C)cc1.[2H]C(CC)(CC)c1ccccc1C(C)(C)C. The van der Waals surface area contributed by atoms with Crippen LogP contribution in [0.5, 0.6) is 0 Å². The van der Waals surface area contributed by atoms with E-state index in [0.29, 0.717) is 5.92 Å². The van der Waals surface area contributed by atoms with E-state index in [1.807, 2.05) is 13.8 Å². The number of benzene rings is 7. The third-order valence-corrected chi connectivity index (χ3v) is 19.9. The summed E-state index contributed by atoms with van der Waals surface area (Å²) < 4.78 is 16.5. The molecule has 0 aliphatic carbocycles. The van der Waals surface area contributed by atoms with Gasteiger partial charge >= 0.3 is 0 Å². The second kappa shape index (κ2) is 37.8. The van der Waals surface area contributed by atoms with Crippen LogP contribution in [0.1, 0.15) is 434 Å². The van der Waals surface area contributed by atoms with Crippen LogP contribution in [0.4, 0.5) is 0 Å². The van der Waals surface area contributed by atoms with Crippen LogP contribution < -0.4 is 0 Å². The van der Waals surface area contributed by atoms with E-state index in [9.17, 15) is 0 Å². The Morgan fingerprint density at radius 1 is 0.219 bits per heavy atom. The first kappa shape index (κ1) is 93.7. The van der Waals surface area contributed by atoms with Crippen molar-refractivity contribution in [1.29, 1.82) is 0 Å². The molecule has 0 spiro atoms. The molecule has 105 heavy (non-hydrogen) atoms. The lowest BCUT2D eigenvalue weighted by Gasteiger charge is -2.32. The summed E-state index contributed by atoms with van der Waals surface area (Å²) in [5.41, 5.74) is 25.1. The van der Waals surface area contributed by atoms with Gasteiger partial charge in [0.05, 0.1) is 0 Å². The van der Waals surface area contributed by atoms with E-state index in [1.165, 1.54) is 83.5 Å². The minimum absolute atomic E-state index is 0.118. The summed E-state index contributed by atoms with van der Waals surface area (Å²) in [5.74, 6) is -0.283. The maximum atomic E-state index is 8.58. The Morgan fingerprint density at radius 2 is 0.438 bits per heavy atom. The molecule has 0 saturated heterocycles. The lowest BCUT2D eigenvalue weighted by molar-refractivity contribution is 0.523. The Balaban J connectivity index is 0.000000626. The van der Waals surface area contributed by atoms with Crippen LogP contribution in [0.15, 0.2) is 158 Å². The zero-order valence-electron chi connectivity index (χ0n) is 79.5. The van der Waals surface area contributed by atoms with Crippen molar-refractivity contribution in [2.24, 2.45) is 0 Å². The smallest absolute Gasteiger partial charge is 0.0352 e. The van der Waals surface area contributed by atoms with Crippen LogP contribution in [-0.2, 0) is 70.4 Å². The summed E-state index contributed by atoms with van der Waals surface area (Å²) in [6, 6.07) is 57.8. The van der Waals surface area contributed by atoms with E-state index in [2.05, 4.69) is 455 Å². The maximum Gasteiger partial charge on any atom is 0.0352 e. The molecule has 0 saturated carbocycles. The molecule has 0 N–H and O–H groups in total. The van der Waals surface area contributed by atoms with Gasteiger partial charge in [0.2, 0.25) is 0 Å². The first-order valence-electron chi connectivity index (χ1n) is 41.4. The van der Waals surface area contributed by atoms with Crippen molar-refractivity contribution in [1.82, 2.24) is 0 Å². The van der Waals surface area contributed by atoms with E-state index in [-0.39, 0.29) is 70.4 Å². The highest BCUT2D eigenvalue weighted by Gasteiger charge is 2.30. The Bertz CT molecular complexity index is 3500. The van der Waals surface area contributed by atoms with Crippen LogP contribution in [0.3, 0.4) is 0 Å². The molecule has 0 aliphatic heterocycles. The number of rotatable bonds is 5. The second-order valence-corrected chi connectivity index (χ2v) is 44.1. The highest BCUT2D eigenvalue weighted by Crippen LogP contribution is 2.40. The van der Waals surface area contributed by atoms with Gasteiger partial charge < -0.3 is 0 Å². The predicted molar refractivity (Wildman–Crippen MR) is 480 cm³/mol. The van der Waals surface area contributed by atoms with Crippen LogP contribution in [-0.4, -0.2) is 0 Å². The molecule has 588 valence electrons. The van der Waals surface area contributed by atoms with Gasteiger partial charge in [0.25, 0.3) is 0 Å². The van der Waals surface area contributed by atoms with Gasteiger partial charge in [-0.15, -0.1) is 0 Å². The van der Waals surface area contributed by atoms with Crippen molar-refractivity contribution < 1.29 is 2.74 Å². The van der Waals surface area contributed by atoms with Gasteiger partial charge in [-0.05, 0) is 190 Å². The standard InChI is InChI=1S/2C18H30.C15H24.2C14H22.2C13H20/c1-16(2,3)13-10-14(17(4,5)6)12-15(11-13)18(7,8)9;1-16(2,3)13-10-11-14(17(4,5)6)15(12-13)18(7,8)9;1-6-12(7-2)13-10-8-9-11-14(13)15(3,4)5;1-13(2,3)11-7-9-12(10-8-11)14(4,5)6;1-13(2,3)11-9-7-8-10-12(11)14(4,5)6;2*1-10(2)11-6-8-12(9-7-11)13(3,4)5/h2*10-12H,1-9H3;8-12H,6-7H2,1-5H3;2*7-10H,1-6H3;2*6-10H,1-5H3/i;;12D;;;10D;. The summed E-state index contributed by atoms with van der Waals surface area (Å²) in [6.45, 7) is 101. The summed E-state index contributed by atoms with van der Waals surface area (Å²) in [4.78, 5) is 0. The molecule has 0 bridgehead atoms. The Kier molecular flexibility index (Phi) is 33.7. The topological polar surface area (TPSA) is 0 Å². The van der Waals surface area contributed by atoms with Gasteiger partial charge in [-0.1, -0.05) is 469 Å². The van der Waals surface area contributed by atoms with Crippen LogP contribution in [0.2, 0.25) is 0 Å². The van der Waals surface area contributed by atoms with E-state index in [1.54, 1.807) is 0 Å². The zero-order chi connectivity index (χ0) is 84.1. The van der Waals surface area contributed by atoms with Gasteiger partial charge in [-0.25, -0.2) is 0 Å². The van der Waals surface area contributed by atoms with E-state index < -0.39 is 11.8 Å². The first-order chi connectivity index (χ1) is 47.6. The molecule has 0 nitrogen and oxygen atoms in total. The van der Waals surface area contributed by atoms with Gasteiger partial charge in [0.1, 0.15) is 0 Å². The number of hydrogen-bond donors (Lipinski definition) is 0. The zero-order valence-corrected chi connectivity index (χ0v) is 77.5. The normalized spacial score (nSPS) is 13.4. The minimum Gasteiger partial charge on any atom is -0.0648 e. The summed E-state index contributed by atoms with van der Waals surface area (Å²) in [6.07, 6.45) is 1.74. The van der Waals surface area contributed by atoms with Gasteiger partial charge in [-0.3, -0.25) is 0 Å². The van der Waals surface area contributed by atoms with Gasteiger partial charge in [0, 0.05) is 2.74 Å². The van der Waals surface area contributed by atoms with Crippen molar-refractivity contribution in [3.63, 3.8) is 0 Å². The molecule has 0 atom stereocenters. The minimum atomic E-state index is -0.490. The molecule has 0 heteroatoms. The Hall–Kier alpha value is -5.46. The van der Waals surface area contributed by atoms with Gasteiger partial charge in [-0.2, -0.15) is 0 Å². The van der Waals surface area contributed by atoms with Crippen molar-refractivity contribution >= 4 is 0 Å². The summed E-state index contributed by atoms with van der Waals surface area (Å²) in [5, 5.41) is 0. The molecule has 7 aromatic rings. The molecule has 7 rings (SSSR count). The van der Waals surface area contributed by atoms with E-state index in [4.69, 9.17) is 2.74 Å². The quantitative estimate of drug-likeness (QED) is 0.161. The first-order valence-corrected chi connectivity index (χ1v) is 40.4. The highest BCUT2D eigenvalue weighted by atomic mass is 14.3. The van der Waals surface area contributed by atoms with Crippen molar-refractivity contribution in [2.45, 2.75) is 413 Å². The van der Waals surface area contributed by atoms with Crippen molar-refractivity contribution in [3.05, 3.63) is 247 Å².